The second kappa shape index (κ2) is 6.28. The Morgan fingerprint density at radius 2 is 2.14 bits per heavy atom. The van der Waals surface area contributed by atoms with Crippen LogP contribution in [0.25, 0.3) is 0 Å². The van der Waals surface area contributed by atoms with Crippen molar-refractivity contribution in [1.29, 1.82) is 0 Å². The molecule has 1 aliphatic heterocycles. The van der Waals surface area contributed by atoms with Crippen molar-refractivity contribution in [3.05, 3.63) is 17.6 Å². The van der Waals surface area contributed by atoms with Gasteiger partial charge in [-0.1, -0.05) is 6.42 Å². The number of hydrogen-bond donors (Lipinski definition) is 1. The average molecular weight is 291 g/mol. The Kier molecular flexibility index (Phi) is 4.40. The van der Waals surface area contributed by atoms with Crippen LogP contribution in [0.1, 0.15) is 43.6 Å². The highest BCUT2D eigenvalue weighted by Gasteiger charge is 2.38. The van der Waals surface area contributed by atoms with Gasteiger partial charge in [-0.15, -0.1) is 0 Å². The lowest BCUT2D eigenvalue weighted by Crippen LogP contribution is -2.39. The first-order chi connectivity index (χ1) is 10.2. The van der Waals surface area contributed by atoms with Gasteiger partial charge < -0.3 is 14.7 Å². The number of aromatic nitrogens is 2. The molecule has 1 saturated carbocycles. The number of aryl methyl sites for hydroxylation is 1. The molecule has 0 amide bonds. The van der Waals surface area contributed by atoms with Crippen LogP contribution in [0.3, 0.4) is 0 Å². The molecular weight excluding hydrogens is 266 g/mol. The molecular formula is C16H25N3O2. The number of aliphatic hydroxyl groups is 1. The summed E-state index contributed by atoms with van der Waals surface area (Å²) in [7, 11) is 1.67. The van der Waals surface area contributed by atoms with Gasteiger partial charge in [0.2, 0.25) is 0 Å². The lowest BCUT2D eigenvalue weighted by Gasteiger charge is -2.32. The van der Waals surface area contributed by atoms with Crippen molar-refractivity contribution in [3.8, 4) is 0 Å². The summed E-state index contributed by atoms with van der Waals surface area (Å²) in [6.07, 6.45) is 5.43. The van der Waals surface area contributed by atoms with E-state index >= 15 is 0 Å². The third kappa shape index (κ3) is 3.04. The summed E-state index contributed by atoms with van der Waals surface area (Å²) >= 11 is 0. The molecule has 1 aromatic heterocycles. The van der Waals surface area contributed by atoms with Crippen LogP contribution in [0.15, 0.2) is 6.07 Å². The van der Waals surface area contributed by atoms with Gasteiger partial charge in [0.25, 0.3) is 0 Å². The van der Waals surface area contributed by atoms with E-state index in [9.17, 15) is 5.11 Å². The smallest absolute Gasteiger partial charge is 0.156 e. The van der Waals surface area contributed by atoms with Gasteiger partial charge in [0.1, 0.15) is 12.4 Å². The number of ether oxygens (including phenoxy) is 1. The van der Waals surface area contributed by atoms with Crippen LogP contribution in [0.2, 0.25) is 0 Å². The Bertz CT molecular complexity index is 494. The van der Waals surface area contributed by atoms with Crippen molar-refractivity contribution in [2.75, 3.05) is 18.6 Å². The van der Waals surface area contributed by atoms with Crippen LogP contribution in [-0.4, -0.2) is 40.9 Å². The summed E-state index contributed by atoms with van der Waals surface area (Å²) < 4.78 is 5.16. The number of hydrogen-bond acceptors (Lipinski definition) is 5. The van der Waals surface area contributed by atoms with Crippen LogP contribution in [-0.2, 0) is 11.3 Å². The molecule has 3 atom stereocenters. The molecule has 2 fully saturated rings. The number of methoxy groups -OCH3 is 1. The first-order valence-corrected chi connectivity index (χ1v) is 7.97. The molecule has 0 radical (unpaired) electrons. The Labute approximate surface area is 126 Å². The minimum absolute atomic E-state index is 0.142. The second-order valence-electron chi connectivity index (χ2n) is 6.28. The monoisotopic (exact) mass is 291 g/mol. The Morgan fingerprint density at radius 1 is 1.29 bits per heavy atom. The average Bonchev–Trinajstić information content (AvgIpc) is 3.06. The van der Waals surface area contributed by atoms with Crippen molar-refractivity contribution in [1.82, 2.24) is 9.97 Å². The van der Waals surface area contributed by atoms with E-state index in [-0.39, 0.29) is 6.10 Å². The SMILES string of the molecule is COCc1nc(C)cc(N2CCC[C@@H]2[C@H]2CCC[C@@H]2O)n1. The predicted octanol–water partition coefficient (Wildman–Crippen LogP) is 2.06. The van der Waals surface area contributed by atoms with E-state index < -0.39 is 0 Å². The zero-order valence-corrected chi connectivity index (χ0v) is 13.0. The fourth-order valence-corrected chi connectivity index (χ4v) is 3.89. The third-order valence-corrected chi connectivity index (χ3v) is 4.78. The van der Waals surface area contributed by atoms with E-state index in [4.69, 9.17) is 4.74 Å². The summed E-state index contributed by atoms with van der Waals surface area (Å²) in [5, 5.41) is 10.2. The molecule has 2 heterocycles. The summed E-state index contributed by atoms with van der Waals surface area (Å²) in [6, 6.07) is 2.48. The van der Waals surface area contributed by atoms with E-state index in [1.807, 2.05) is 6.92 Å². The minimum Gasteiger partial charge on any atom is -0.393 e. The molecule has 1 saturated heterocycles. The van der Waals surface area contributed by atoms with E-state index in [0.29, 0.717) is 18.6 Å². The number of nitrogens with zero attached hydrogens (tertiary/aromatic N) is 3. The highest BCUT2D eigenvalue weighted by atomic mass is 16.5. The molecule has 0 unspecified atom stereocenters. The minimum atomic E-state index is -0.142. The van der Waals surface area contributed by atoms with Gasteiger partial charge in [-0.05, 0) is 32.6 Å². The quantitative estimate of drug-likeness (QED) is 0.920. The molecule has 5 nitrogen and oxygen atoms in total. The molecule has 3 rings (SSSR count). The standard InChI is InChI=1S/C16H25N3O2/c1-11-9-16(18-15(17-11)10-21-2)19-8-4-6-13(19)12-5-3-7-14(12)20/h9,12-14,20H,3-8,10H2,1-2H3/t12-,13-,14+/m1/s1. The largest absolute Gasteiger partial charge is 0.393 e. The van der Waals surface area contributed by atoms with Crippen LogP contribution in [0.4, 0.5) is 5.82 Å². The summed E-state index contributed by atoms with van der Waals surface area (Å²) in [5.74, 6) is 2.13. The fourth-order valence-electron chi connectivity index (χ4n) is 3.89. The van der Waals surface area contributed by atoms with Crippen LogP contribution in [0, 0.1) is 12.8 Å². The van der Waals surface area contributed by atoms with E-state index in [2.05, 4.69) is 20.9 Å². The normalized spacial score (nSPS) is 29.3. The topological polar surface area (TPSA) is 58.5 Å². The first-order valence-electron chi connectivity index (χ1n) is 7.97. The van der Waals surface area contributed by atoms with Gasteiger partial charge in [-0.25, -0.2) is 9.97 Å². The maximum absolute atomic E-state index is 10.2. The van der Waals surface area contributed by atoms with Crippen molar-refractivity contribution in [2.24, 2.45) is 5.92 Å². The summed E-state index contributed by atoms with van der Waals surface area (Å²) in [6.45, 7) is 3.47. The highest BCUT2D eigenvalue weighted by Crippen LogP contribution is 2.37. The van der Waals surface area contributed by atoms with E-state index in [1.54, 1.807) is 7.11 Å². The van der Waals surface area contributed by atoms with E-state index in [1.165, 1.54) is 6.42 Å². The zero-order valence-electron chi connectivity index (χ0n) is 13.0. The summed E-state index contributed by atoms with van der Waals surface area (Å²) in [5.41, 5.74) is 0.977. The van der Waals surface area contributed by atoms with Gasteiger partial charge in [-0.3, -0.25) is 0 Å². The van der Waals surface area contributed by atoms with Crippen molar-refractivity contribution in [2.45, 2.75) is 57.8 Å². The Morgan fingerprint density at radius 3 is 2.86 bits per heavy atom. The lowest BCUT2D eigenvalue weighted by molar-refractivity contribution is 0.118. The van der Waals surface area contributed by atoms with Crippen LogP contribution in [0.5, 0.6) is 0 Å². The first kappa shape index (κ1) is 14.7. The molecule has 0 bridgehead atoms. The molecule has 2 aliphatic rings. The Balaban J connectivity index is 1.84. The molecule has 1 aliphatic carbocycles. The maximum Gasteiger partial charge on any atom is 0.156 e. The third-order valence-electron chi connectivity index (χ3n) is 4.78. The second-order valence-corrected chi connectivity index (χ2v) is 6.28. The molecule has 1 N–H and O–H groups in total. The molecule has 0 spiro atoms. The van der Waals surface area contributed by atoms with Gasteiger partial charge in [0, 0.05) is 37.4 Å². The Hall–Kier alpha value is -1.20. The van der Waals surface area contributed by atoms with Crippen LogP contribution >= 0.6 is 0 Å². The molecule has 0 aromatic carbocycles. The van der Waals surface area contributed by atoms with Gasteiger partial charge in [0.15, 0.2) is 5.82 Å². The maximum atomic E-state index is 10.2. The highest BCUT2D eigenvalue weighted by molar-refractivity contribution is 5.42. The zero-order chi connectivity index (χ0) is 14.8. The fraction of sp³-hybridized carbons (Fsp3) is 0.750. The molecule has 1 aromatic rings. The number of rotatable bonds is 4. The molecule has 21 heavy (non-hydrogen) atoms. The molecule has 5 heteroatoms. The van der Waals surface area contributed by atoms with Crippen molar-refractivity contribution < 1.29 is 9.84 Å². The van der Waals surface area contributed by atoms with Gasteiger partial charge >= 0.3 is 0 Å². The van der Waals surface area contributed by atoms with Crippen molar-refractivity contribution >= 4 is 5.82 Å². The van der Waals surface area contributed by atoms with Gasteiger partial charge in [0.05, 0.1) is 6.10 Å². The molecule has 116 valence electrons. The summed E-state index contributed by atoms with van der Waals surface area (Å²) in [4.78, 5) is 11.5. The van der Waals surface area contributed by atoms with Crippen LogP contribution < -0.4 is 4.90 Å². The number of anilines is 1. The number of aliphatic hydroxyl groups excluding tert-OH is 1. The van der Waals surface area contributed by atoms with Gasteiger partial charge in [-0.2, -0.15) is 0 Å². The predicted molar refractivity (Wildman–Crippen MR) is 81.2 cm³/mol. The van der Waals surface area contributed by atoms with E-state index in [0.717, 1.165) is 49.6 Å². The lowest BCUT2D eigenvalue weighted by atomic mass is 9.94. The van der Waals surface area contributed by atoms with Crippen molar-refractivity contribution in [3.63, 3.8) is 0 Å².